The fraction of sp³-hybridized carbons (Fsp3) is 0.667. The van der Waals surface area contributed by atoms with Crippen LogP contribution in [0.2, 0.25) is 0 Å². The van der Waals surface area contributed by atoms with E-state index in [4.69, 9.17) is 15.0 Å². The van der Waals surface area contributed by atoms with Crippen LogP contribution in [0.1, 0.15) is 60.8 Å². The Morgan fingerprint density at radius 2 is 1.03 bits per heavy atom. The van der Waals surface area contributed by atoms with Crippen molar-refractivity contribution in [2.24, 2.45) is 17.2 Å². The average Bonchev–Trinajstić information content (AvgIpc) is 2.75. The second-order valence-electron chi connectivity index (χ2n) is 5.31. The van der Waals surface area contributed by atoms with Crippen LogP contribution in [0.4, 0.5) is 0 Å². The molecule has 0 radical (unpaired) electrons. The van der Waals surface area contributed by atoms with Crippen LogP contribution in [-0.4, -0.2) is 86.9 Å². The van der Waals surface area contributed by atoms with Gasteiger partial charge in [0.15, 0.2) is 0 Å². The number of carbonyl (C=O) groups excluding carboxylic acids is 5. The van der Waals surface area contributed by atoms with Gasteiger partial charge in [0.2, 0.25) is 11.8 Å². The maximum absolute atomic E-state index is 10.4. The van der Waals surface area contributed by atoms with Crippen LogP contribution >= 0.6 is 0 Å². The van der Waals surface area contributed by atoms with E-state index in [2.05, 4.69) is 32.6 Å². The maximum atomic E-state index is 10.4. The number of Topliss-reactive ketones (excluding diaryl/α,β-unsaturated/α-hetero) is 2. The number of nitrogens with one attached hydrogen (secondary N) is 2. The van der Waals surface area contributed by atoms with Crippen LogP contribution in [0, 0.1) is 0 Å². The largest absolute Gasteiger partial charge is 0.481 e. The number of carbonyl (C=O) groups is 7. The molecule has 0 aliphatic carbocycles. The van der Waals surface area contributed by atoms with E-state index < -0.39 is 18.4 Å². The van der Waals surface area contributed by atoms with Crippen molar-refractivity contribution in [3.63, 3.8) is 0 Å². The highest BCUT2D eigenvalue weighted by molar-refractivity contribution is 5.96. The highest BCUT2D eigenvalue weighted by atomic mass is 16.5. The molecule has 0 aliphatic rings. The summed E-state index contributed by atoms with van der Waals surface area (Å²) in [6, 6.07) is 0. The van der Waals surface area contributed by atoms with E-state index in [1.54, 1.807) is 13.8 Å². The van der Waals surface area contributed by atoms with Crippen LogP contribution in [0.15, 0.2) is 0 Å². The topological polar surface area (TPSA) is 271 Å². The number of rotatable bonds is 9. The third-order valence-electron chi connectivity index (χ3n) is 2.34. The summed E-state index contributed by atoms with van der Waals surface area (Å²) in [5.74, 6) is -2.84. The van der Waals surface area contributed by atoms with Crippen molar-refractivity contribution in [2.45, 2.75) is 60.8 Å². The van der Waals surface area contributed by atoms with E-state index >= 15 is 0 Å². The molecule has 15 nitrogen and oxygen atoms in total. The number of hydrogen-bond acceptors (Lipinski definition) is 11. The van der Waals surface area contributed by atoms with Gasteiger partial charge in [0.25, 0.3) is 6.47 Å². The highest BCUT2D eigenvalue weighted by Gasteiger charge is 2.03. The quantitative estimate of drug-likeness (QED) is 0.110. The average molecular weight is 532 g/mol. The summed E-state index contributed by atoms with van der Waals surface area (Å²) in [5, 5.41) is 20.1. The zero-order valence-electron chi connectivity index (χ0n) is 20.7. The lowest BCUT2D eigenvalue weighted by Crippen LogP contribution is -2.27. The Bertz CT molecular complexity index is 519. The molecule has 0 saturated carbocycles. The summed E-state index contributed by atoms with van der Waals surface area (Å²) in [6.07, 6.45) is 0.900. The maximum Gasteiger partial charge on any atom is 0.314 e. The van der Waals surface area contributed by atoms with E-state index in [0.29, 0.717) is 25.7 Å². The molecule has 2 amide bonds. The van der Waals surface area contributed by atoms with Crippen molar-refractivity contribution in [1.82, 2.24) is 10.6 Å². The Morgan fingerprint density at radius 3 is 1.14 bits per heavy atom. The van der Waals surface area contributed by atoms with Crippen molar-refractivity contribution in [2.75, 3.05) is 34.9 Å². The van der Waals surface area contributed by atoms with Gasteiger partial charge in [-0.15, -0.1) is 0 Å². The molecule has 0 saturated heterocycles. The monoisotopic (exact) mass is 531 g/mol. The zero-order valence-corrected chi connectivity index (χ0v) is 20.7. The number of ketones is 2. The molecule has 0 aliphatic heterocycles. The van der Waals surface area contributed by atoms with E-state index in [1.807, 2.05) is 0 Å². The third-order valence-corrected chi connectivity index (χ3v) is 2.34. The molecule has 36 heavy (non-hydrogen) atoms. The molecule has 0 atom stereocenters. The van der Waals surface area contributed by atoms with E-state index in [1.165, 1.54) is 28.3 Å². The predicted molar refractivity (Wildman–Crippen MR) is 138 cm³/mol. The lowest BCUT2D eigenvalue weighted by atomic mass is 10.1. The molecule has 0 aromatic carbocycles. The lowest BCUT2D eigenvalue weighted by molar-refractivity contribution is -0.147. The SMILES string of the molecule is C.C.CC(=O)CCCC(C)=O.CN.CNC(=O)CC(=O)NC.COC=O.NCN.O=C(O)CC(=O)O. The predicted octanol–water partition coefficient (Wildman–Crippen LogP) is -0.753. The molecule has 0 heterocycles. The molecule has 0 bridgehead atoms. The van der Waals surface area contributed by atoms with E-state index in [9.17, 15) is 28.8 Å². The van der Waals surface area contributed by atoms with Crippen LogP contribution < -0.4 is 27.8 Å². The Morgan fingerprint density at radius 1 is 0.778 bits per heavy atom. The zero-order chi connectivity index (χ0) is 28.5. The van der Waals surface area contributed by atoms with Crippen LogP contribution in [-0.2, 0) is 38.3 Å². The summed E-state index contributed by atoms with van der Waals surface area (Å²) in [5.41, 5.74) is 13.8. The molecule has 0 aromatic heterocycles. The molecule has 0 unspecified atom stereocenters. The van der Waals surface area contributed by atoms with Crippen molar-refractivity contribution >= 4 is 41.8 Å². The number of methoxy groups -OCH3 is 1. The van der Waals surface area contributed by atoms with Crippen LogP contribution in [0.5, 0.6) is 0 Å². The number of ether oxygens (including phenoxy) is 1. The second kappa shape index (κ2) is 48.9. The minimum atomic E-state index is -1.31. The fourth-order valence-corrected chi connectivity index (χ4v) is 1.04. The first-order valence-corrected chi connectivity index (χ1v) is 9.57. The van der Waals surface area contributed by atoms with Gasteiger partial charge in [-0.2, -0.15) is 0 Å². The standard InChI is InChI=1S/C7H12O2.C5H10N2O2.C3H4O4.C2H4O2.CH6N2.CH5N.2CH4/c1-6(8)4-3-5-7(2)9;1-6-4(8)3-5(9)7-2;4-2(5)1-3(6)7;1-4-2-3;2-1-3;1-2;;/h3-5H2,1-2H3;3H2,1-2H3,(H,6,8)(H,7,9);1H2,(H,4,5)(H,6,7);2H,1H3;1-3H2;2H2,1H3;2*1H4. The molecular weight excluding hydrogens is 482 g/mol. The normalized spacial score (nSPS) is 7.14. The molecule has 15 heteroatoms. The lowest BCUT2D eigenvalue weighted by Gasteiger charge is -1.96. The van der Waals surface area contributed by atoms with Gasteiger partial charge in [-0.25, -0.2) is 0 Å². The molecular formula is C21H49N5O10. The Labute approximate surface area is 214 Å². The van der Waals surface area contributed by atoms with Gasteiger partial charge in [0, 0.05) is 33.6 Å². The fourth-order valence-electron chi connectivity index (χ4n) is 1.04. The first-order valence-electron chi connectivity index (χ1n) is 9.57. The van der Waals surface area contributed by atoms with Crippen molar-refractivity contribution in [3.8, 4) is 0 Å². The Hall–Kier alpha value is -3.43. The summed E-state index contributed by atoms with van der Waals surface area (Å²) >= 11 is 0. The number of aliphatic carboxylic acids is 2. The minimum Gasteiger partial charge on any atom is -0.481 e. The van der Waals surface area contributed by atoms with Crippen molar-refractivity contribution in [3.05, 3.63) is 0 Å². The number of amides is 2. The van der Waals surface area contributed by atoms with Gasteiger partial charge in [-0.05, 0) is 27.3 Å². The minimum absolute atomic E-state index is 0. The van der Waals surface area contributed by atoms with Crippen molar-refractivity contribution < 1.29 is 48.5 Å². The third kappa shape index (κ3) is 110. The first kappa shape index (κ1) is 53.8. The molecule has 0 spiro atoms. The summed E-state index contributed by atoms with van der Waals surface area (Å²) in [7, 11) is 5.80. The number of carboxylic acid groups (broad SMARTS) is 2. The number of nitrogens with two attached hydrogens (primary N) is 3. The Kier molecular flexibility index (Phi) is 73.0. The van der Waals surface area contributed by atoms with Crippen molar-refractivity contribution in [1.29, 1.82) is 0 Å². The van der Waals surface area contributed by atoms with Gasteiger partial charge in [-0.3, -0.25) is 24.0 Å². The van der Waals surface area contributed by atoms with Crippen LogP contribution in [0.25, 0.3) is 0 Å². The molecule has 218 valence electrons. The Balaban J connectivity index is -0.0000000459. The second-order valence-corrected chi connectivity index (χ2v) is 5.31. The van der Waals surface area contributed by atoms with Gasteiger partial charge in [-0.1, -0.05) is 14.9 Å². The van der Waals surface area contributed by atoms with Gasteiger partial charge in [0.1, 0.15) is 24.4 Å². The summed E-state index contributed by atoms with van der Waals surface area (Å²) < 4.78 is 3.86. The van der Waals surface area contributed by atoms with Crippen LogP contribution in [0.3, 0.4) is 0 Å². The summed E-state index contributed by atoms with van der Waals surface area (Å²) in [4.78, 5) is 69.3. The molecule has 0 rings (SSSR count). The van der Waals surface area contributed by atoms with E-state index in [-0.39, 0.29) is 51.3 Å². The van der Waals surface area contributed by atoms with Gasteiger partial charge in [0.05, 0.1) is 7.11 Å². The summed E-state index contributed by atoms with van der Waals surface area (Å²) in [6.45, 7) is 3.71. The number of carboxylic acids is 2. The number of hydrogen-bond donors (Lipinski definition) is 7. The van der Waals surface area contributed by atoms with Gasteiger partial charge < -0.3 is 52.4 Å². The molecule has 10 N–H and O–H groups in total. The first-order chi connectivity index (χ1) is 15.8. The molecule has 0 aromatic rings. The smallest absolute Gasteiger partial charge is 0.314 e. The highest BCUT2D eigenvalue weighted by Crippen LogP contribution is 1.95. The van der Waals surface area contributed by atoms with E-state index in [0.717, 1.165) is 0 Å². The molecule has 0 fully saturated rings. The van der Waals surface area contributed by atoms with Gasteiger partial charge >= 0.3 is 11.9 Å².